The van der Waals surface area contributed by atoms with Crippen LogP contribution in [0.3, 0.4) is 0 Å². The third-order valence-corrected chi connectivity index (χ3v) is 4.18. The Hall–Kier alpha value is -0.610. The minimum absolute atomic E-state index is 0.121. The van der Waals surface area contributed by atoms with Gasteiger partial charge in [0, 0.05) is 13.1 Å². The second-order valence-corrected chi connectivity index (χ2v) is 5.81. The molecule has 4 heteroatoms. The van der Waals surface area contributed by atoms with Crippen LogP contribution in [0.4, 0.5) is 0 Å². The maximum atomic E-state index is 12.3. The molecule has 18 heavy (non-hydrogen) atoms. The van der Waals surface area contributed by atoms with E-state index in [2.05, 4.69) is 0 Å². The van der Waals surface area contributed by atoms with Crippen LogP contribution in [0.5, 0.6) is 0 Å². The third kappa shape index (κ3) is 3.69. The molecular weight excluding hydrogens is 228 g/mol. The predicted molar refractivity (Wildman–Crippen MR) is 71.2 cm³/mol. The average molecular weight is 254 g/mol. The summed E-state index contributed by atoms with van der Waals surface area (Å²) in [5.41, 5.74) is 6.09. The number of amides is 1. The number of nitrogens with two attached hydrogens (primary N) is 1. The van der Waals surface area contributed by atoms with E-state index in [4.69, 9.17) is 10.5 Å². The number of rotatable bonds is 3. The van der Waals surface area contributed by atoms with Crippen LogP contribution in [0, 0.1) is 5.92 Å². The number of ether oxygens (including phenoxy) is 1. The minimum atomic E-state index is -0.307. The fourth-order valence-electron chi connectivity index (χ4n) is 3.14. The van der Waals surface area contributed by atoms with Crippen LogP contribution < -0.4 is 5.73 Å². The van der Waals surface area contributed by atoms with Crippen LogP contribution in [0.2, 0.25) is 0 Å². The standard InChI is InChI=1S/C14H26N2O2/c1-11-10-16(7-8-18-11)14(17)13(15)9-12-5-3-2-4-6-12/h11-13H,2-10,15H2,1H3. The van der Waals surface area contributed by atoms with E-state index in [1.165, 1.54) is 32.1 Å². The summed E-state index contributed by atoms with van der Waals surface area (Å²) < 4.78 is 5.45. The molecule has 0 spiro atoms. The molecule has 0 aromatic carbocycles. The first kappa shape index (κ1) is 13.8. The summed E-state index contributed by atoms with van der Waals surface area (Å²) in [5.74, 6) is 0.784. The molecule has 0 radical (unpaired) electrons. The van der Waals surface area contributed by atoms with E-state index in [1.807, 2.05) is 11.8 Å². The first-order valence-electron chi connectivity index (χ1n) is 7.33. The van der Waals surface area contributed by atoms with Crippen molar-refractivity contribution in [1.29, 1.82) is 0 Å². The summed E-state index contributed by atoms with van der Waals surface area (Å²) >= 11 is 0. The van der Waals surface area contributed by atoms with Gasteiger partial charge >= 0.3 is 0 Å². The lowest BCUT2D eigenvalue weighted by Crippen LogP contribution is -2.51. The maximum absolute atomic E-state index is 12.3. The molecule has 2 fully saturated rings. The van der Waals surface area contributed by atoms with Crippen molar-refractivity contribution in [2.24, 2.45) is 11.7 Å². The van der Waals surface area contributed by atoms with Crippen molar-refractivity contribution >= 4 is 5.91 Å². The Morgan fingerprint density at radius 3 is 2.78 bits per heavy atom. The van der Waals surface area contributed by atoms with Gasteiger partial charge in [-0.3, -0.25) is 4.79 Å². The van der Waals surface area contributed by atoms with Crippen LogP contribution in [-0.4, -0.2) is 42.6 Å². The molecule has 4 nitrogen and oxygen atoms in total. The summed E-state index contributed by atoms with van der Waals surface area (Å²) in [7, 11) is 0. The third-order valence-electron chi connectivity index (χ3n) is 4.18. The van der Waals surface area contributed by atoms with Crippen LogP contribution in [-0.2, 0) is 9.53 Å². The van der Waals surface area contributed by atoms with Gasteiger partial charge in [0.05, 0.1) is 18.8 Å². The summed E-state index contributed by atoms with van der Waals surface area (Å²) in [6, 6.07) is -0.307. The van der Waals surface area contributed by atoms with E-state index >= 15 is 0 Å². The first-order valence-corrected chi connectivity index (χ1v) is 7.33. The van der Waals surface area contributed by atoms with Crippen molar-refractivity contribution in [1.82, 2.24) is 4.90 Å². The monoisotopic (exact) mass is 254 g/mol. The molecule has 0 aromatic rings. The molecule has 2 unspecified atom stereocenters. The van der Waals surface area contributed by atoms with E-state index < -0.39 is 0 Å². The smallest absolute Gasteiger partial charge is 0.239 e. The number of carbonyl (C=O) groups is 1. The fraction of sp³-hybridized carbons (Fsp3) is 0.929. The van der Waals surface area contributed by atoms with Gasteiger partial charge in [-0.15, -0.1) is 0 Å². The van der Waals surface area contributed by atoms with Gasteiger partial charge in [0.15, 0.2) is 0 Å². The average Bonchev–Trinajstić information content (AvgIpc) is 2.39. The van der Waals surface area contributed by atoms with Gasteiger partial charge < -0.3 is 15.4 Å². The molecule has 2 atom stereocenters. The molecule has 2 rings (SSSR count). The van der Waals surface area contributed by atoms with Crippen LogP contribution in [0.1, 0.15) is 45.4 Å². The van der Waals surface area contributed by atoms with Crippen LogP contribution in [0.25, 0.3) is 0 Å². The SMILES string of the molecule is CC1CN(C(=O)C(N)CC2CCCCC2)CCO1. The van der Waals surface area contributed by atoms with Gasteiger partial charge in [-0.1, -0.05) is 32.1 Å². The van der Waals surface area contributed by atoms with E-state index in [9.17, 15) is 4.79 Å². The molecular formula is C14H26N2O2. The molecule has 1 aliphatic carbocycles. The van der Waals surface area contributed by atoms with Gasteiger partial charge in [0.1, 0.15) is 0 Å². The molecule has 2 aliphatic rings. The molecule has 1 aliphatic heterocycles. The lowest BCUT2D eigenvalue weighted by Gasteiger charge is -2.34. The molecule has 0 aromatic heterocycles. The number of morpholine rings is 1. The van der Waals surface area contributed by atoms with E-state index in [-0.39, 0.29) is 18.1 Å². The maximum Gasteiger partial charge on any atom is 0.239 e. The highest BCUT2D eigenvalue weighted by Gasteiger charge is 2.27. The largest absolute Gasteiger partial charge is 0.375 e. The number of hydrogen-bond donors (Lipinski definition) is 1. The Morgan fingerprint density at radius 1 is 1.39 bits per heavy atom. The Kier molecular flexibility index (Phi) is 5.01. The lowest BCUT2D eigenvalue weighted by molar-refractivity contribution is -0.140. The Labute approximate surface area is 110 Å². The number of hydrogen-bond acceptors (Lipinski definition) is 3. The van der Waals surface area contributed by atoms with Gasteiger partial charge in [-0.05, 0) is 19.3 Å². The molecule has 1 saturated carbocycles. The molecule has 2 N–H and O–H groups in total. The van der Waals surface area contributed by atoms with Crippen LogP contribution in [0.15, 0.2) is 0 Å². The highest BCUT2D eigenvalue weighted by Crippen LogP contribution is 2.27. The van der Waals surface area contributed by atoms with Gasteiger partial charge in [0.2, 0.25) is 5.91 Å². The molecule has 1 heterocycles. The van der Waals surface area contributed by atoms with E-state index in [0.717, 1.165) is 6.42 Å². The second kappa shape index (κ2) is 6.53. The fourth-order valence-corrected chi connectivity index (χ4v) is 3.14. The lowest BCUT2D eigenvalue weighted by atomic mass is 9.84. The first-order chi connectivity index (χ1) is 8.66. The zero-order valence-electron chi connectivity index (χ0n) is 11.4. The number of nitrogens with zero attached hydrogens (tertiary/aromatic N) is 1. The van der Waals surface area contributed by atoms with Crippen molar-refractivity contribution in [3.8, 4) is 0 Å². The van der Waals surface area contributed by atoms with Crippen molar-refractivity contribution < 1.29 is 9.53 Å². The Bertz CT molecular complexity index is 277. The second-order valence-electron chi connectivity index (χ2n) is 5.81. The van der Waals surface area contributed by atoms with Gasteiger partial charge in [-0.2, -0.15) is 0 Å². The molecule has 0 bridgehead atoms. The van der Waals surface area contributed by atoms with Crippen molar-refractivity contribution in [3.63, 3.8) is 0 Å². The summed E-state index contributed by atoms with van der Waals surface area (Å²) in [6.07, 6.45) is 7.47. The van der Waals surface area contributed by atoms with Gasteiger partial charge in [-0.25, -0.2) is 0 Å². The number of carbonyl (C=O) groups excluding carboxylic acids is 1. The molecule has 1 saturated heterocycles. The highest BCUT2D eigenvalue weighted by atomic mass is 16.5. The zero-order chi connectivity index (χ0) is 13.0. The van der Waals surface area contributed by atoms with Crippen molar-refractivity contribution in [2.75, 3.05) is 19.7 Å². The highest BCUT2D eigenvalue weighted by molar-refractivity contribution is 5.81. The Morgan fingerprint density at radius 2 is 2.11 bits per heavy atom. The Balaban J connectivity index is 1.79. The zero-order valence-corrected chi connectivity index (χ0v) is 11.4. The summed E-state index contributed by atoms with van der Waals surface area (Å²) in [5, 5.41) is 0. The van der Waals surface area contributed by atoms with Crippen molar-refractivity contribution in [2.45, 2.75) is 57.6 Å². The van der Waals surface area contributed by atoms with E-state index in [1.54, 1.807) is 0 Å². The van der Waals surface area contributed by atoms with Crippen molar-refractivity contribution in [3.05, 3.63) is 0 Å². The normalized spacial score (nSPS) is 28.1. The van der Waals surface area contributed by atoms with E-state index in [0.29, 0.717) is 25.6 Å². The topological polar surface area (TPSA) is 55.6 Å². The molecule has 104 valence electrons. The van der Waals surface area contributed by atoms with Gasteiger partial charge in [0.25, 0.3) is 0 Å². The summed E-state index contributed by atoms with van der Waals surface area (Å²) in [4.78, 5) is 14.1. The van der Waals surface area contributed by atoms with Crippen LogP contribution >= 0.6 is 0 Å². The summed E-state index contributed by atoms with van der Waals surface area (Å²) in [6.45, 7) is 4.04. The quantitative estimate of drug-likeness (QED) is 0.831. The predicted octanol–water partition coefficient (Wildman–Crippen LogP) is 1.53. The molecule has 1 amide bonds. The minimum Gasteiger partial charge on any atom is -0.375 e.